The highest BCUT2D eigenvalue weighted by molar-refractivity contribution is 7.47. The molecule has 19 heteroatoms. The van der Waals surface area contributed by atoms with Gasteiger partial charge in [0.05, 0.1) is 26.4 Å². The Morgan fingerprint density at radius 1 is 0.303 bits per heavy atom. The molecule has 3 N–H and O–H groups in total. The number of phosphoric ester groups is 2. The van der Waals surface area contributed by atoms with Crippen LogP contribution in [0.3, 0.4) is 0 Å². The van der Waals surface area contributed by atoms with E-state index < -0.39 is 97.5 Å². The lowest BCUT2D eigenvalue weighted by Crippen LogP contribution is -2.30. The first-order valence-corrected chi connectivity index (χ1v) is 39.5. The molecule has 0 heterocycles. The molecule has 0 amide bonds. The van der Waals surface area contributed by atoms with Crippen LogP contribution in [0.2, 0.25) is 0 Å². The largest absolute Gasteiger partial charge is 0.472 e. The summed E-state index contributed by atoms with van der Waals surface area (Å²) >= 11 is 0. The third kappa shape index (κ3) is 64.6. The quantitative estimate of drug-likeness (QED) is 0.0222. The zero-order valence-electron chi connectivity index (χ0n) is 57.7. The second-order valence-corrected chi connectivity index (χ2v) is 29.1. The molecule has 0 fully saturated rings. The molecule has 0 saturated heterocycles. The Morgan fingerprint density at radius 2 is 0.517 bits per heavy atom. The van der Waals surface area contributed by atoms with Gasteiger partial charge in [-0.1, -0.05) is 305 Å². The number of hydrogen-bond donors (Lipinski definition) is 3. The molecule has 0 radical (unpaired) electrons. The molecule has 5 atom stereocenters. The van der Waals surface area contributed by atoms with Gasteiger partial charge in [0.2, 0.25) is 0 Å². The first-order valence-electron chi connectivity index (χ1n) is 36.5. The van der Waals surface area contributed by atoms with Gasteiger partial charge in [0, 0.05) is 25.7 Å². The maximum absolute atomic E-state index is 13.0. The summed E-state index contributed by atoms with van der Waals surface area (Å²) in [7, 11) is -9.90. The van der Waals surface area contributed by atoms with Gasteiger partial charge < -0.3 is 33.8 Å². The monoisotopic (exact) mass is 1310 g/mol. The van der Waals surface area contributed by atoms with Gasteiger partial charge in [-0.3, -0.25) is 37.3 Å². The lowest BCUT2D eigenvalue weighted by molar-refractivity contribution is -0.161. The third-order valence-corrected chi connectivity index (χ3v) is 18.1. The summed E-state index contributed by atoms with van der Waals surface area (Å²) in [6, 6.07) is 0. The number of unbranched alkanes of at least 4 members (excludes halogenated alkanes) is 39. The van der Waals surface area contributed by atoms with Gasteiger partial charge in [0.15, 0.2) is 12.2 Å². The van der Waals surface area contributed by atoms with Crippen molar-refractivity contribution in [2.75, 3.05) is 39.6 Å². The van der Waals surface area contributed by atoms with E-state index in [9.17, 15) is 43.2 Å². The van der Waals surface area contributed by atoms with Crippen LogP contribution in [0.25, 0.3) is 0 Å². The van der Waals surface area contributed by atoms with Crippen molar-refractivity contribution in [3.63, 3.8) is 0 Å². The number of carbonyl (C=O) groups is 4. The van der Waals surface area contributed by atoms with Crippen LogP contribution in [0, 0.1) is 11.8 Å². The Labute approximate surface area is 543 Å². The maximum Gasteiger partial charge on any atom is 0.472 e. The van der Waals surface area contributed by atoms with Gasteiger partial charge in [-0.25, -0.2) is 9.13 Å². The number of rotatable bonds is 69. The van der Waals surface area contributed by atoms with Crippen LogP contribution < -0.4 is 0 Å². The second kappa shape index (κ2) is 62.2. The van der Waals surface area contributed by atoms with Crippen LogP contribution in [0.4, 0.5) is 0 Å². The van der Waals surface area contributed by atoms with Crippen molar-refractivity contribution in [3.8, 4) is 0 Å². The summed E-state index contributed by atoms with van der Waals surface area (Å²) in [4.78, 5) is 72.5. The van der Waals surface area contributed by atoms with E-state index in [0.717, 1.165) is 102 Å². The van der Waals surface area contributed by atoms with Crippen LogP contribution in [0.5, 0.6) is 0 Å². The molecule has 0 spiro atoms. The molecule has 0 bridgehead atoms. The Hall–Kier alpha value is -1.94. The normalized spacial score (nSPS) is 14.1. The number of ether oxygens (including phenoxy) is 4. The van der Waals surface area contributed by atoms with E-state index >= 15 is 0 Å². The molecule has 0 saturated carbocycles. The van der Waals surface area contributed by atoms with Gasteiger partial charge in [-0.2, -0.15) is 0 Å². The van der Waals surface area contributed by atoms with Crippen LogP contribution in [-0.2, 0) is 65.4 Å². The van der Waals surface area contributed by atoms with Crippen LogP contribution in [0.1, 0.15) is 356 Å². The minimum Gasteiger partial charge on any atom is -0.462 e. The van der Waals surface area contributed by atoms with E-state index in [4.69, 9.17) is 37.0 Å². The van der Waals surface area contributed by atoms with Crippen molar-refractivity contribution in [2.45, 2.75) is 374 Å². The van der Waals surface area contributed by atoms with E-state index in [-0.39, 0.29) is 25.7 Å². The molecule has 17 nitrogen and oxygen atoms in total. The zero-order valence-corrected chi connectivity index (χ0v) is 59.5. The van der Waals surface area contributed by atoms with E-state index in [2.05, 4.69) is 41.5 Å². The topological polar surface area (TPSA) is 237 Å². The van der Waals surface area contributed by atoms with Crippen molar-refractivity contribution in [3.05, 3.63) is 0 Å². The maximum atomic E-state index is 13.0. The molecule has 0 aliphatic heterocycles. The van der Waals surface area contributed by atoms with Crippen molar-refractivity contribution in [1.82, 2.24) is 0 Å². The van der Waals surface area contributed by atoms with Crippen LogP contribution in [0.15, 0.2) is 0 Å². The number of hydrogen-bond acceptors (Lipinski definition) is 15. The molecule has 0 aromatic rings. The van der Waals surface area contributed by atoms with Crippen molar-refractivity contribution < 1.29 is 80.2 Å². The Bertz CT molecular complexity index is 1730. The van der Waals surface area contributed by atoms with E-state index in [1.54, 1.807) is 0 Å². The lowest BCUT2D eigenvalue weighted by Gasteiger charge is -2.21. The number of carbonyl (C=O) groups excluding carboxylic acids is 4. The SMILES string of the molecule is CCCCCCCCCCCCCC(=O)O[C@H](COC(=O)CCCCCCCCCCCC)COP(=O)(O)OC[C@H](O)COP(=O)(O)OC[C@@H](COC(=O)CCCCCCCCCCCCC(C)C)OC(=O)CCCCCCCCCCCCCCC(C)C. The van der Waals surface area contributed by atoms with E-state index in [0.29, 0.717) is 25.7 Å². The summed E-state index contributed by atoms with van der Waals surface area (Å²) < 4.78 is 68.3. The summed E-state index contributed by atoms with van der Waals surface area (Å²) in [5.74, 6) is -0.588. The number of aliphatic hydroxyl groups excluding tert-OH is 1. The molecular formula is C70H136O17P2. The number of aliphatic hydroxyl groups is 1. The van der Waals surface area contributed by atoms with Gasteiger partial charge in [0.25, 0.3) is 0 Å². The minimum absolute atomic E-state index is 0.107. The fourth-order valence-electron chi connectivity index (χ4n) is 10.6. The predicted octanol–water partition coefficient (Wildman–Crippen LogP) is 20.0. The molecule has 528 valence electrons. The Kier molecular flexibility index (Phi) is 60.8. The van der Waals surface area contributed by atoms with Crippen LogP contribution >= 0.6 is 15.6 Å². The van der Waals surface area contributed by atoms with E-state index in [1.165, 1.54) is 173 Å². The average Bonchev–Trinajstić information content (AvgIpc) is 3.71. The Morgan fingerprint density at radius 3 is 0.764 bits per heavy atom. The Balaban J connectivity index is 5.25. The lowest BCUT2D eigenvalue weighted by atomic mass is 10.0. The smallest absolute Gasteiger partial charge is 0.462 e. The second-order valence-electron chi connectivity index (χ2n) is 26.2. The van der Waals surface area contributed by atoms with Gasteiger partial charge in [-0.15, -0.1) is 0 Å². The average molecular weight is 1310 g/mol. The minimum atomic E-state index is -4.95. The summed E-state index contributed by atoms with van der Waals surface area (Å²) in [5.41, 5.74) is 0. The first kappa shape index (κ1) is 87.1. The van der Waals surface area contributed by atoms with Gasteiger partial charge in [0.1, 0.15) is 19.3 Å². The number of esters is 4. The fourth-order valence-corrected chi connectivity index (χ4v) is 12.2. The summed E-state index contributed by atoms with van der Waals surface area (Å²) in [5, 5.41) is 10.6. The third-order valence-electron chi connectivity index (χ3n) is 16.2. The molecule has 0 aromatic heterocycles. The molecule has 0 rings (SSSR count). The van der Waals surface area contributed by atoms with Gasteiger partial charge >= 0.3 is 39.5 Å². The molecule has 0 aliphatic rings. The van der Waals surface area contributed by atoms with Crippen molar-refractivity contribution >= 4 is 39.5 Å². The van der Waals surface area contributed by atoms with Crippen molar-refractivity contribution in [1.29, 1.82) is 0 Å². The highest BCUT2D eigenvalue weighted by Crippen LogP contribution is 2.45. The molecule has 2 unspecified atom stereocenters. The summed E-state index contributed by atoms with van der Waals surface area (Å²) in [6.45, 7) is 9.54. The first-order chi connectivity index (χ1) is 42.9. The zero-order chi connectivity index (χ0) is 65.7. The van der Waals surface area contributed by atoms with Crippen LogP contribution in [-0.4, -0.2) is 96.7 Å². The van der Waals surface area contributed by atoms with Crippen molar-refractivity contribution in [2.24, 2.45) is 11.8 Å². The molecule has 0 aromatic carbocycles. The standard InChI is InChI=1S/C70H136O17P2/c1-7-9-11-13-15-17-21-30-36-42-48-54-69(74)86-65(58-80-67(72)52-46-40-34-28-18-16-14-12-10-8-2)60-84-88(76,77)82-56-64(71)57-83-89(78,79)85-61-66(59-81-68(73)53-47-41-35-29-25-24-27-33-39-45-51-63(5)6)87-70(75)55-49-43-37-31-23-20-19-22-26-32-38-44-50-62(3)4/h62-66,71H,7-61H2,1-6H3,(H,76,77)(H,78,79)/t64-,65+,66+/m0/s1. The molecular weight excluding hydrogens is 1170 g/mol. The van der Waals surface area contributed by atoms with E-state index in [1.807, 2.05) is 0 Å². The fraction of sp³-hybridized carbons (Fsp3) is 0.943. The molecule has 89 heavy (non-hydrogen) atoms. The predicted molar refractivity (Wildman–Crippen MR) is 358 cm³/mol. The summed E-state index contributed by atoms with van der Waals surface area (Å²) in [6.07, 6.45) is 47.0. The number of phosphoric acid groups is 2. The van der Waals surface area contributed by atoms with Gasteiger partial charge in [-0.05, 0) is 37.5 Å². The highest BCUT2D eigenvalue weighted by atomic mass is 31.2. The molecule has 0 aliphatic carbocycles. The highest BCUT2D eigenvalue weighted by Gasteiger charge is 2.30.